The fraction of sp³-hybridized carbons (Fsp3) is 0.579. The standard InChI is InChI=1S/C19H26ClN5O4S/c1-5-11-15(20)24-16(22-11)17(26)23-12-6-7-25(8-13(12)29-9(2)3)19-21-10(4)14(30-19)18(27)28/h9,12-13H,5-8H2,1-4H3,(H,22,24)(H,23,26)(H,27,28)/t12-,13?/m1/s1. The summed E-state index contributed by atoms with van der Waals surface area (Å²) in [5, 5.41) is 13.3. The van der Waals surface area contributed by atoms with Crippen LogP contribution in [0.5, 0.6) is 0 Å². The van der Waals surface area contributed by atoms with Gasteiger partial charge in [-0.1, -0.05) is 29.9 Å². The molecule has 1 saturated heterocycles. The van der Waals surface area contributed by atoms with Crippen LogP contribution in [0.15, 0.2) is 0 Å². The van der Waals surface area contributed by atoms with Gasteiger partial charge in [-0.25, -0.2) is 14.8 Å². The van der Waals surface area contributed by atoms with E-state index < -0.39 is 5.97 Å². The Morgan fingerprint density at radius 1 is 1.43 bits per heavy atom. The highest BCUT2D eigenvalue weighted by Gasteiger charge is 2.34. The highest BCUT2D eigenvalue weighted by molar-refractivity contribution is 7.17. The normalized spacial score (nSPS) is 19.3. The number of amides is 1. The Hall–Kier alpha value is -2.17. The molecule has 2 aromatic heterocycles. The smallest absolute Gasteiger partial charge is 0.347 e. The second kappa shape index (κ2) is 9.32. The van der Waals surface area contributed by atoms with Crippen LogP contribution in [0.25, 0.3) is 0 Å². The molecule has 1 amide bonds. The Morgan fingerprint density at radius 3 is 2.73 bits per heavy atom. The van der Waals surface area contributed by atoms with Crippen molar-refractivity contribution in [3.63, 3.8) is 0 Å². The molecule has 1 unspecified atom stereocenters. The van der Waals surface area contributed by atoms with Gasteiger partial charge < -0.3 is 25.0 Å². The molecule has 2 atom stereocenters. The summed E-state index contributed by atoms with van der Waals surface area (Å²) in [5.74, 6) is -1.12. The number of aryl methyl sites for hydroxylation is 2. The van der Waals surface area contributed by atoms with Crippen LogP contribution in [0.2, 0.25) is 5.15 Å². The molecule has 0 saturated carbocycles. The van der Waals surface area contributed by atoms with Crippen molar-refractivity contribution in [1.82, 2.24) is 20.3 Å². The summed E-state index contributed by atoms with van der Waals surface area (Å²) in [6, 6.07) is -0.217. The largest absolute Gasteiger partial charge is 0.477 e. The first-order valence-electron chi connectivity index (χ1n) is 9.85. The van der Waals surface area contributed by atoms with E-state index in [-0.39, 0.29) is 34.9 Å². The second-order valence-electron chi connectivity index (χ2n) is 7.46. The minimum Gasteiger partial charge on any atom is -0.477 e. The van der Waals surface area contributed by atoms with Crippen molar-refractivity contribution in [2.45, 2.75) is 58.8 Å². The Kier molecular flexibility index (Phi) is 6.99. The van der Waals surface area contributed by atoms with Gasteiger partial charge >= 0.3 is 5.97 Å². The van der Waals surface area contributed by atoms with Gasteiger partial charge in [-0.15, -0.1) is 0 Å². The number of imidazole rings is 1. The number of ether oxygens (including phenoxy) is 1. The molecular weight excluding hydrogens is 430 g/mol. The van der Waals surface area contributed by atoms with Crippen LogP contribution in [0.3, 0.4) is 0 Å². The zero-order valence-electron chi connectivity index (χ0n) is 17.4. The number of piperidine rings is 1. The Bertz CT molecular complexity index is 928. The molecule has 30 heavy (non-hydrogen) atoms. The zero-order valence-corrected chi connectivity index (χ0v) is 18.9. The Morgan fingerprint density at radius 2 is 2.17 bits per heavy atom. The van der Waals surface area contributed by atoms with Gasteiger partial charge in [-0.05, 0) is 33.6 Å². The van der Waals surface area contributed by atoms with Crippen molar-refractivity contribution in [3.8, 4) is 0 Å². The van der Waals surface area contributed by atoms with E-state index in [0.717, 1.165) is 17.0 Å². The monoisotopic (exact) mass is 455 g/mol. The van der Waals surface area contributed by atoms with Gasteiger partial charge in [0.2, 0.25) is 0 Å². The molecule has 0 aliphatic carbocycles. The van der Waals surface area contributed by atoms with Crippen LogP contribution < -0.4 is 10.2 Å². The number of aromatic nitrogens is 3. The molecule has 2 aromatic rings. The van der Waals surface area contributed by atoms with E-state index in [4.69, 9.17) is 16.3 Å². The van der Waals surface area contributed by atoms with Crippen LogP contribution in [0, 0.1) is 6.92 Å². The number of H-pyrrole nitrogens is 1. The van der Waals surface area contributed by atoms with E-state index in [0.29, 0.717) is 41.9 Å². The van der Waals surface area contributed by atoms with E-state index in [1.807, 2.05) is 25.7 Å². The summed E-state index contributed by atoms with van der Waals surface area (Å²) in [6.07, 6.45) is 0.962. The number of rotatable bonds is 7. The number of carboxylic acid groups (broad SMARTS) is 1. The number of carboxylic acids is 1. The SMILES string of the molecule is CCc1[nH]c(C(=O)N[C@@H]2CCN(c3nc(C)c(C(=O)O)s3)CC2OC(C)C)nc1Cl. The van der Waals surface area contributed by atoms with Crippen molar-refractivity contribution in [2.75, 3.05) is 18.0 Å². The molecule has 9 nitrogen and oxygen atoms in total. The number of halogens is 1. The summed E-state index contributed by atoms with van der Waals surface area (Å²) < 4.78 is 6.07. The van der Waals surface area contributed by atoms with Crippen LogP contribution >= 0.6 is 22.9 Å². The van der Waals surface area contributed by atoms with E-state index >= 15 is 0 Å². The molecule has 0 radical (unpaired) electrons. The topological polar surface area (TPSA) is 120 Å². The van der Waals surface area contributed by atoms with Gasteiger partial charge in [-0.3, -0.25) is 4.79 Å². The predicted octanol–water partition coefficient (Wildman–Crippen LogP) is 2.89. The fourth-order valence-corrected chi connectivity index (χ4v) is 4.63. The molecule has 1 aliphatic rings. The highest BCUT2D eigenvalue weighted by Crippen LogP contribution is 2.29. The van der Waals surface area contributed by atoms with Gasteiger partial charge in [0, 0.05) is 13.1 Å². The maximum Gasteiger partial charge on any atom is 0.347 e. The minimum atomic E-state index is -0.975. The van der Waals surface area contributed by atoms with Crippen molar-refractivity contribution in [2.24, 2.45) is 0 Å². The van der Waals surface area contributed by atoms with Crippen molar-refractivity contribution in [3.05, 3.63) is 27.2 Å². The van der Waals surface area contributed by atoms with Gasteiger partial charge in [-0.2, -0.15) is 0 Å². The number of hydrogen-bond donors (Lipinski definition) is 3. The molecule has 0 aromatic carbocycles. The summed E-state index contributed by atoms with van der Waals surface area (Å²) in [5.41, 5.74) is 1.22. The van der Waals surface area contributed by atoms with Crippen molar-refractivity contribution >= 4 is 39.9 Å². The lowest BCUT2D eigenvalue weighted by atomic mass is 10.0. The molecule has 1 aliphatic heterocycles. The molecule has 3 N–H and O–H groups in total. The minimum absolute atomic E-state index is 0.0354. The van der Waals surface area contributed by atoms with Crippen molar-refractivity contribution in [1.29, 1.82) is 0 Å². The molecule has 164 valence electrons. The number of aromatic amines is 1. The number of nitrogens with zero attached hydrogens (tertiary/aromatic N) is 3. The third kappa shape index (κ3) is 4.93. The molecule has 1 fully saturated rings. The summed E-state index contributed by atoms with van der Waals surface area (Å²) in [4.78, 5) is 37.8. The van der Waals surface area contributed by atoms with E-state index in [1.54, 1.807) is 6.92 Å². The maximum atomic E-state index is 12.7. The quantitative estimate of drug-likeness (QED) is 0.586. The van der Waals surface area contributed by atoms with E-state index in [1.165, 1.54) is 0 Å². The predicted molar refractivity (Wildman–Crippen MR) is 115 cm³/mol. The summed E-state index contributed by atoms with van der Waals surface area (Å²) in [7, 11) is 0. The molecule has 0 spiro atoms. The van der Waals surface area contributed by atoms with Crippen LogP contribution in [-0.2, 0) is 11.2 Å². The van der Waals surface area contributed by atoms with Gasteiger partial charge in [0.1, 0.15) is 4.88 Å². The molecule has 0 bridgehead atoms. The molecular formula is C19H26ClN5O4S. The Balaban J connectivity index is 1.73. The lowest BCUT2D eigenvalue weighted by Crippen LogP contribution is -2.56. The van der Waals surface area contributed by atoms with Gasteiger partial charge in [0.05, 0.1) is 29.6 Å². The van der Waals surface area contributed by atoms with Gasteiger partial charge in [0.25, 0.3) is 5.91 Å². The fourth-order valence-electron chi connectivity index (χ4n) is 3.43. The number of carbonyl (C=O) groups is 2. The first-order chi connectivity index (χ1) is 14.2. The lowest BCUT2D eigenvalue weighted by Gasteiger charge is -2.39. The molecule has 3 rings (SSSR count). The van der Waals surface area contributed by atoms with Crippen LogP contribution in [0.4, 0.5) is 5.13 Å². The van der Waals surface area contributed by atoms with Crippen LogP contribution in [-0.4, -0.2) is 63.3 Å². The van der Waals surface area contributed by atoms with Crippen LogP contribution in [0.1, 0.15) is 58.9 Å². The van der Waals surface area contributed by atoms with Gasteiger partial charge in [0.15, 0.2) is 16.1 Å². The van der Waals surface area contributed by atoms with E-state index in [9.17, 15) is 14.7 Å². The van der Waals surface area contributed by atoms with E-state index in [2.05, 4.69) is 20.3 Å². The highest BCUT2D eigenvalue weighted by atomic mass is 35.5. The number of aromatic carboxylic acids is 1. The summed E-state index contributed by atoms with van der Waals surface area (Å²) in [6.45, 7) is 8.61. The number of thiazole rings is 1. The molecule has 11 heteroatoms. The number of carbonyl (C=O) groups excluding carboxylic acids is 1. The lowest BCUT2D eigenvalue weighted by molar-refractivity contribution is -0.0167. The third-order valence-corrected chi connectivity index (χ3v) is 6.39. The first kappa shape index (κ1) is 22.5. The maximum absolute atomic E-state index is 12.7. The average Bonchev–Trinajstić information content (AvgIpc) is 3.25. The number of nitrogens with one attached hydrogen (secondary N) is 2. The average molecular weight is 456 g/mol. The number of anilines is 1. The zero-order chi connectivity index (χ0) is 22.0. The third-order valence-electron chi connectivity index (χ3n) is 4.87. The summed E-state index contributed by atoms with van der Waals surface area (Å²) >= 11 is 7.21. The molecule has 3 heterocycles. The number of hydrogen-bond acceptors (Lipinski definition) is 7. The first-order valence-corrected chi connectivity index (χ1v) is 11.0. The second-order valence-corrected chi connectivity index (χ2v) is 8.80. The Labute approximate surface area is 183 Å². The van der Waals surface area contributed by atoms with Crippen molar-refractivity contribution < 1.29 is 19.4 Å².